The van der Waals surface area contributed by atoms with E-state index in [-0.39, 0.29) is 12.0 Å². The lowest BCUT2D eigenvalue weighted by Crippen LogP contribution is -2.58. The molecule has 0 aromatic carbocycles. The van der Waals surface area contributed by atoms with Gasteiger partial charge in [0.05, 0.1) is 0 Å². The fraction of sp³-hybridized carbons (Fsp3) is 1.00. The molecule has 16 heavy (non-hydrogen) atoms. The van der Waals surface area contributed by atoms with Gasteiger partial charge in [-0.1, -0.05) is 6.92 Å². The van der Waals surface area contributed by atoms with Crippen molar-refractivity contribution < 1.29 is 13.2 Å². The van der Waals surface area contributed by atoms with Gasteiger partial charge in [-0.3, -0.25) is 0 Å². The molecule has 1 saturated heterocycles. The lowest BCUT2D eigenvalue weighted by molar-refractivity contribution is -0.136. The first-order valence-electron chi connectivity index (χ1n) is 5.89. The minimum absolute atomic E-state index is 0.0660. The number of alkyl halides is 3. The summed E-state index contributed by atoms with van der Waals surface area (Å²) in [5, 5.41) is 3.42. The largest absolute Gasteiger partial charge is 0.389 e. The molecule has 5 heteroatoms. The van der Waals surface area contributed by atoms with Crippen LogP contribution >= 0.6 is 0 Å². The lowest BCUT2D eigenvalue weighted by atomic mass is 9.96. The van der Waals surface area contributed by atoms with Crippen LogP contribution in [0, 0.1) is 0 Å². The Morgan fingerprint density at radius 1 is 1.38 bits per heavy atom. The van der Waals surface area contributed by atoms with Gasteiger partial charge < -0.3 is 10.2 Å². The highest BCUT2D eigenvalue weighted by Gasteiger charge is 2.30. The molecular weight excluding hydrogens is 217 g/mol. The zero-order valence-electron chi connectivity index (χ0n) is 10.0. The first-order valence-corrected chi connectivity index (χ1v) is 5.89. The summed E-state index contributed by atoms with van der Waals surface area (Å²) >= 11 is 0. The van der Waals surface area contributed by atoms with Crippen molar-refractivity contribution in [3.8, 4) is 0 Å². The highest BCUT2D eigenvalue weighted by atomic mass is 19.4. The van der Waals surface area contributed by atoms with E-state index in [1.807, 2.05) is 0 Å². The summed E-state index contributed by atoms with van der Waals surface area (Å²) in [5.74, 6) is 0. The summed E-state index contributed by atoms with van der Waals surface area (Å²) in [6, 6.07) is 0. The fourth-order valence-corrected chi connectivity index (χ4v) is 2.08. The maximum atomic E-state index is 12.0. The third-order valence-electron chi connectivity index (χ3n) is 3.27. The summed E-state index contributed by atoms with van der Waals surface area (Å²) in [6.45, 7) is 7.36. The van der Waals surface area contributed by atoms with Gasteiger partial charge in [0.1, 0.15) is 0 Å². The Bertz CT molecular complexity index is 218. The third-order valence-corrected chi connectivity index (χ3v) is 3.27. The minimum Gasteiger partial charge on any atom is -0.309 e. The van der Waals surface area contributed by atoms with Crippen molar-refractivity contribution in [2.24, 2.45) is 0 Å². The van der Waals surface area contributed by atoms with Crippen molar-refractivity contribution in [2.75, 3.05) is 26.2 Å². The van der Waals surface area contributed by atoms with Crippen LogP contribution in [-0.4, -0.2) is 42.8 Å². The molecule has 0 radical (unpaired) electrons. The number of nitrogens with one attached hydrogen (secondary N) is 1. The van der Waals surface area contributed by atoms with Crippen LogP contribution in [-0.2, 0) is 0 Å². The summed E-state index contributed by atoms with van der Waals surface area (Å²) in [7, 11) is 0. The van der Waals surface area contributed by atoms with E-state index in [2.05, 4.69) is 24.1 Å². The molecule has 1 fully saturated rings. The van der Waals surface area contributed by atoms with Crippen LogP contribution in [0.3, 0.4) is 0 Å². The summed E-state index contributed by atoms with van der Waals surface area (Å²) < 4.78 is 36.0. The van der Waals surface area contributed by atoms with Crippen molar-refractivity contribution in [3.63, 3.8) is 0 Å². The summed E-state index contributed by atoms with van der Waals surface area (Å²) in [4.78, 5) is 2.13. The average Bonchev–Trinajstić information content (AvgIpc) is 2.16. The lowest BCUT2D eigenvalue weighted by Gasteiger charge is -2.41. The predicted octanol–water partition coefficient (Wildman–Crippen LogP) is 2.40. The SMILES string of the molecule is CCC1(C)CN(CCCC(F)(F)F)CCN1. The van der Waals surface area contributed by atoms with E-state index in [9.17, 15) is 13.2 Å². The Kier molecular flexibility index (Phi) is 4.62. The molecule has 1 aliphatic rings. The van der Waals surface area contributed by atoms with Crippen LogP contribution in [0.25, 0.3) is 0 Å². The Balaban J connectivity index is 2.27. The standard InChI is InChI=1S/C11H21F3N2/c1-3-10(2)9-16(8-6-15-10)7-4-5-11(12,13)14/h15H,3-9H2,1-2H3. The van der Waals surface area contributed by atoms with E-state index in [4.69, 9.17) is 0 Å². The van der Waals surface area contributed by atoms with Gasteiger partial charge in [0.2, 0.25) is 0 Å². The molecule has 1 unspecified atom stereocenters. The average molecular weight is 238 g/mol. The van der Waals surface area contributed by atoms with Crippen molar-refractivity contribution >= 4 is 0 Å². The minimum atomic E-state index is -4.01. The van der Waals surface area contributed by atoms with Gasteiger partial charge in [-0.05, 0) is 26.3 Å². The molecule has 1 heterocycles. The number of halogens is 3. The second-order valence-electron chi connectivity index (χ2n) is 4.84. The molecule has 2 nitrogen and oxygen atoms in total. The van der Waals surface area contributed by atoms with E-state index in [1.165, 1.54) is 0 Å². The van der Waals surface area contributed by atoms with Crippen molar-refractivity contribution in [2.45, 2.75) is 44.8 Å². The van der Waals surface area contributed by atoms with Gasteiger partial charge in [-0.2, -0.15) is 13.2 Å². The number of hydrogen-bond acceptors (Lipinski definition) is 2. The monoisotopic (exact) mass is 238 g/mol. The van der Waals surface area contributed by atoms with E-state index in [0.29, 0.717) is 6.54 Å². The van der Waals surface area contributed by atoms with Gasteiger partial charge in [0, 0.05) is 31.6 Å². The maximum absolute atomic E-state index is 12.0. The quantitative estimate of drug-likeness (QED) is 0.809. The zero-order chi connectivity index (χ0) is 12.2. The molecule has 1 N–H and O–H groups in total. The molecule has 96 valence electrons. The number of nitrogens with zero attached hydrogens (tertiary/aromatic N) is 1. The normalized spacial score (nSPS) is 28.3. The number of rotatable bonds is 4. The summed E-state index contributed by atoms with van der Waals surface area (Å²) in [5.41, 5.74) is 0.0660. The van der Waals surface area contributed by atoms with E-state index < -0.39 is 12.6 Å². The molecule has 1 atom stereocenters. The molecule has 0 amide bonds. The Morgan fingerprint density at radius 3 is 2.62 bits per heavy atom. The first kappa shape index (κ1) is 13.8. The molecule has 1 rings (SSSR count). The molecule has 0 bridgehead atoms. The summed E-state index contributed by atoms with van der Waals surface area (Å²) in [6.07, 6.45) is -3.46. The van der Waals surface area contributed by atoms with Gasteiger partial charge >= 0.3 is 6.18 Å². The smallest absolute Gasteiger partial charge is 0.309 e. The topological polar surface area (TPSA) is 15.3 Å². The fourth-order valence-electron chi connectivity index (χ4n) is 2.08. The molecule has 0 aliphatic carbocycles. The molecule has 0 spiro atoms. The highest BCUT2D eigenvalue weighted by Crippen LogP contribution is 2.22. The molecule has 0 aromatic heterocycles. The van der Waals surface area contributed by atoms with Crippen molar-refractivity contribution in [1.29, 1.82) is 0 Å². The van der Waals surface area contributed by atoms with Gasteiger partial charge in [0.25, 0.3) is 0 Å². The molecule has 0 aromatic rings. The Labute approximate surface area is 95.2 Å². The second-order valence-corrected chi connectivity index (χ2v) is 4.84. The van der Waals surface area contributed by atoms with Crippen LogP contribution < -0.4 is 5.32 Å². The molecule has 1 aliphatic heterocycles. The van der Waals surface area contributed by atoms with Crippen LogP contribution in [0.5, 0.6) is 0 Å². The zero-order valence-corrected chi connectivity index (χ0v) is 10.0. The highest BCUT2D eigenvalue weighted by molar-refractivity contribution is 4.89. The third kappa shape index (κ3) is 4.70. The van der Waals surface area contributed by atoms with Gasteiger partial charge in [-0.25, -0.2) is 0 Å². The second kappa shape index (κ2) is 5.36. The Hall–Kier alpha value is -0.290. The number of hydrogen-bond donors (Lipinski definition) is 1. The van der Waals surface area contributed by atoms with E-state index >= 15 is 0 Å². The van der Waals surface area contributed by atoms with E-state index in [1.54, 1.807) is 0 Å². The van der Waals surface area contributed by atoms with Gasteiger partial charge in [-0.15, -0.1) is 0 Å². The van der Waals surface area contributed by atoms with Crippen molar-refractivity contribution in [3.05, 3.63) is 0 Å². The maximum Gasteiger partial charge on any atom is 0.389 e. The van der Waals surface area contributed by atoms with Crippen LogP contribution in [0.15, 0.2) is 0 Å². The van der Waals surface area contributed by atoms with Crippen molar-refractivity contribution in [1.82, 2.24) is 10.2 Å². The van der Waals surface area contributed by atoms with Crippen LogP contribution in [0.2, 0.25) is 0 Å². The predicted molar refractivity (Wildman–Crippen MR) is 58.4 cm³/mol. The van der Waals surface area contributed by atoms with Gasteiger partial charge in [0.15, 0.2) is 0 Å². The van der Waals surface area contributed by atoms with Crippen LogP contribution in [0.4, 0.5) is 13.2 Å². The number of piperazine rings is 1. The van der Waals surface area contributed by atoms with E-state index in [0.717, 1.165) is 26.1 Å². The Morgan fingerprint density at radius 2 is 2.06 bits per heavy atom. The molecule has 0 saturated carbocycles. The molecular formula is C11H21F3N2. The first-order chi connectivity index (χ1) is 7.35. The van der Waals surface area contributed by atoms with Crippen LogP contribution in [0.1, 0.15) is 33.1 Å².